The number of carbonyl (C=O) groups excluding carboxylic acids is 1. The van der Waals surface area contributed by atoms with E-state index >= 15 is 0 Å². The SMILES string of the molecule is CC(Cc1ccco1)NC(CNC(=O)OC(C)(C)C)C(C)C. The highest BCUT2D eigenvalue weighted by Gasteiger charge is 2.20. The molecule has 0 aromatic carbocycles. The Hall–Kier alpha value is -1.49. The number of carbonyl (C=O) groups is 1. The van der Waals surface area contributed by atoms with Gasteiger partial charge in [-0.05, 0) is 45.7 Å². The fraction of sp³-hybridized carbons (Fsp3) is 0.706. The third-order valence-electron chi connectivity index (χ3n) is 3.26. The zero-order valence-corrected chi connectivity index (χ0v) is 14.6. The molecule has 2 N–H and O–H groups in total. The molecule has 2 atom stereocenters. The minimum absolute atomic E-state index is 0.178. The highest BCUT2D eigenvalue weighted by molar-refractivity contribution is 5.67. The van der Waals surface area contributed by atoms with Gasteiger partial charge in [0.25, 0.3) is 0 Å². The second-order valence-electron chi connectivity index (χ2n) is 7.08. The van der Waals surface area contributed by atoms with Gasteiger partial charge in [-0.3, -0.25) is 0 Å². The third-order valence-corrected chi connectivity index (χ3v) is 3.26. The van der Waals surface area contributed by atoms with Gasteiger partial charge in [-0.25, -0.2) is 4.79 Å². The quantitative estimate of drug-likeness (QED) is 0.810. The van der Waals surface area contributed by atoms with Crippen LogP contribution in [0.15, 0.2) is 22.8 Å². The number of rotatable bonds is 7. The van der Waals surface area contributed by atoms with Crippen molar-refractivity contribution in [3.63, 3.8) is 0 Å². The second kappa shape index (κ2) is 8.22. The normalized spacial score (nSPS) is 14.7. The van der Waals surface area contributed by atoms with E-state index in [0.29, 0.717) is 12.5 Å². The molecule has 0 spiro atoms. The molecule has 1 heterocycles. The van der Waals surface area contributed by atoms with Gasteiger partial charge in [0, 0.05) is 25.0 Å². The van der Waals surface area contributed by atoms with Crippen molar-refractivity contribution >= 4 is 6.09 Å². The van der Waals surface area contributed by atoms with Gasteiger partial charge in [0.1, 0.15) is 11.4 Å². The minimum Gasteiger partial charge on any atom is -0.469 e. The highest BCUT2D eigenvalue weighted by Crippen LogP contribution is 2.09. The van der Waals surface area contributed by atoms with Crippen LogP contribution in [-0.2, 0) is 11.2 Å². The molecule has 0 saturated carbocycles. The molecule has 0 saturated heterocycles. The molecule has 0 fully saturated rings. The molecule has 126 valence electrons. The van der Waals surface area contributed by atoms with Gasteiger partial charge in [0.2, 0.25) is 0 Å². The van der Waals surface area contributed by atoms with Crippen LogP contribution in [0.1, 0.15) is 47.3 Å². The van der Waals surface area contributed by atoms with E-state index in [2.05, 4.69) is 31.4 Å². The monoisotopic (exact) mass is 310 g/mol. The largest absolute Gasteiger partial charge is 0.469 e. The summed E-state index contributed by atoms with van der Waals surface area (Å²) in [5.41, 5.74) is -0.475. The molecular formula is C17H30N2O3. The van der Waals surface area contributed by atoms with Gasteiger partial charge in [-0.1, -0.05) is 13.8 Å². The summed E-state index contributed by atoms with van der Waals surface area (Å²) in [5.74, 6) is 1.36. The number of hydrogen-bond acceptors (Lipinski definition) is 4. The Kier molecular flexibility index (Phi) is 6.94. The summed E-state index contributed by atoms with van der Waals surface area (Å²) in [7, 11) is 0. The average Bonchev–Trinajstić information content (AvgIpc) is 2.84. The summed E-state index contributed by atoms with van der Waals surface area (Å²) in [5, 5.41) is 6.38. The average molecular weight is 310 g/mol. The van der Waals surface area contributed by atoms with Crippen molar-refractivity contribution in [2.24, 2.45) is 5.92 Å². The van der Waals surface area contributed by atoms with Crippen molar-refractivity contribution in [1.82, 2.24) is 10.6 Å². The van der Waals surface area contributed by atoms with Crippen LogP contribution in [0, 0.1) is 5.92 Å². The Morgan fingerprint density at radius 1 is 1.32 bits per heavy atom. The first-order valence-electron chi connectivity index (χ1n) is 7.92. The Balaban J connectivity index is 2.43. The van der Waals surface area contributed by atoms with Crippen molar-refractivity contribution in [2.45, 2.75) is 65.6 Å². The van der Waals surface area contributed by atoms with Gasteiger partial charge >= 0.3 is 6.09 Å². The smallest absolute Gasteiger partial charge is 0.407 e. The van der Waals surface area contributed by atoms with Gasteiger partial charge in [0.15, 0.2) is 0 Å². The maximum absolute atomic E-state index is 11.8. The van der Waals surface area contributed by atoms with E-state index in [0.717, 1.165) is 12.2 Å². The molecule has 2 unspecified atom stereocenters. The van der Waals surface area contributed by atoms with Gasteiger partial charge in [-0.2, -0.15) is 0 Å². The van der Waals surface area contributed by atoms with Crippen LogP contribution < -0.4 is 10.6 Å². The fourth-order valence-electron chi connectivity index (χ4n) is 2.15. The molecule has 1 amide bonds. The molecule has 0 aliphatic rings. The molecule has 1 aromatic rings. The molecule has 0 bridgehead atoms. The zero-order valence-electron chi connectivity index (χ0n) is 14.6. The number of nitrogens with one attached hydrogen (secondary N) is 2. The summed E-state index contributed by atoms with van der Waals surface area (Å²) in [6.07, 6.45) is 2.13. The fourth-order valence-corrected chi connectivity index (χ4v) is 2.15. The lowest BCUT2D eigenvalue weighted by Gasteiger charge is -2.27. The molecule has 0 aliphatic carbocycles. The minimum atomic E-state index is -0.475. The van der Waals surface area contributed by atoms with Gasteiger partial charge < -0.3 is 19.8 Å². The molecule has 1 aromatic heterocycles. The highest BCUT2D eigenvalue weighted by atomic mass is 16.6. The van der Waals surface area contributed by atoms with Crippen molar-refractivity contribution in [3.8, 4) is 0 Å². The number of alkyl carbamates (subject to hydrolysis) is 1. The summed E-state index contributed by atoms with van der Waals surface area (Å²) < 4.78 is 10.6. The van der Waals surface area contributed by atoms with Crippen LogP contribution in [0.4, 0.5) is 4.79 Å². The summed E-state index contributed by atoms with van der Waals surface area (Å²) in [4.78, 5) is 11.8. The molecule has 1 rings (SSSR count). The van der Waals surface area contributed by atoms with Crippen LogP contribution in [0.5, 0.6) is 0 Å². The number of ether oxygens (including phenoxy) is 1. The Labute approximate surface area is 133 Å². The molecule has 0 radical (unpaired) electrons. The van der Waals surface area contributed by atoms with E-state index in [1.807, 2.05) is 32.9 Å². The van der Waals surface area contributed by atoms with Crippen LogP contribution in [0.25, 0.3) is 0 Å². The standard InChI is InChI=1S/C17H30N2O3/c1-12(2)15(11-18-16(20)22-17(4,5)6)19-13(3)10-14-8-7-9-21-14/h7-9,12-13,15,19H,10-11H2,1-6H3,(H,18,20). The maximum Gasteiger partial charge on any atom is 0.407 e. The van der Waals surface area contributed by atoms with E-state index in [9.17, 15) is 4.79 Å². The van der Waals surface area contributed by atoms with Gasteiger partial charge in [-0.15, -0.1) is 0 Å². The van der Waals surface area contributed by atoms with Gasteiger partial charge in [0.05, 0.1) is 6.26 Å². The summed E-state index contributed by atoms with van der Waals surface area (Å²) in [6, 6.07) is 4.31. The zero-order chi connectivity index (χ0) is 16.8. The first-order valence-corrected chi connectivity index (χ1v) is 7.92. The topological polar surface area (TPSA) is 63.5 Å². The number of hydrogen-bond donors (Lipinski definition) is 2. The predicted octanol–water partition coefficient (Wildman–Crippen LogP) is 3.35. The lowest BCUT2D eigenvalue weighted by molar-refractivity contribution is 0.0518. The Morgan fingerprint density at radius 3 is 2.50 bits per heavy atom. The summed E-state index contributed by atoms with van der Waals surface area (Å²) >= 11 is 0. The first kappa shape index (κ1) is 18.6. The van der Waals surface area contributed by atoms with Crippen molar-refractivity contribution in [1.29, 1.82) is 0 Å². The van der Waals surface area contributed by atoms with Crippen LogP contribution >= 0.6 is 0 Å². The molecule has 5 nitrogen and oxygen atoms in total. The van der Waals surface area contributed by atoms with E-state index in [4.69, 9.17) is 9.15 Å². The first-order chi connectivity index (χ1) is 10.2. The lowest BCUT2D eigenvalue weighted by atomic mass is 10.0. The lowest BCUT2D eigenvalue weighted by Crippen LogP contribution is -2.48. The van der Waals surface area contributed by atoms with Crippen LogP contribution in [-0.4, -0.2) is 30.3 Å². The third kappa shape index (κ3) is 7.50. The maximum atomic E-state index is 11.8. The summed E-state index contributed by atoms with van der Waals surface area (Å²) in [6.45, 7) is 12.5. The second-order valence-corrected chi connectivity index (χ2v) is 7.08. The van der Waals surface area contributed by atoms with Crippen molar-refractivity contribution < 1.29 is 13.9 Å². The number of amides is 1. The van der Waals surface area contributed by atoms with E-state index in [-0.39, 0.29) is 18.2 Å². The molecule has 0 aliphatic heterocycles. The molecule has 22 heavy (non-hydrogen) atoms. The Morgan fingerprint density at radius 2 is 2.00 bits per heavy atom. The predicted molar refractivity (Wildman–Crippen MR) is 87.9 cm³/mol. The number of furan rings is 1. The Bertz CT molecular complexity index is 435. The van der Waals surface area contributed by atoms with Crippen LogP contribution in [0.2, 0.25) is 0 Å². The molecular weight excluding hydrogens is 280 g/mol. The van der Waals surface area contributed by atoms with E-state index < -0.39 is 5.60 Å². The van der Waals surface area contributed by atoms with E-state index in [1.54, 1.807) is 6.26 Å². The van der Waals surface area contributed by atoms with Crippen molar-refractivity contribution in [3.05, 3.63) is 24.2 Å². The van der Waals surface area contributed by atoms with Crippen molar-refractivity contribution in [2.75, 3.05) is 6.54 Å². The molecule has 5 heteroatoms. The van der Waals surface area contributed by atoms with E-state index in [1.165, 1.54) is 0 Å². The van der Waals surface area contributed by atoms with Crippen LogP contribution in [0.3, 0.4) is 0 Å².